The number of hydrogen-bond acceptors (Lipinski definition) is 2. The van der Waals surface area contributed by atoms with E-state index in [1.165, 1.54) is 0 Å². The van der Waals surface area contributed by atoms with Gasteiger partial charge in [0, 0.05) is 0 Å². The number of hydrogen-bond donors (Lipinski definition) is 1. The van der Waals surface area contributed by atoms with Crippen LogP contribution in [-0.2, 0) is 0 Å². The van der Waals surface area contributed by atoms with Crippen LogP contribution in [-0.4, -0.2) is 18.4 Å². The SMILES string of the molecule is Oc1ccccc1OCCCCCCCCF. The van der Waals surface area contributed by atoms with Gasteiger partial charge in [-0.1, -0.05) is 37.8 Å². The van der Waals surface area contributed by atoms with Crippen molar-refractivity contribution in [3.05, 3.63) is 24.3 Å². The first kappa shape index (κ1) is 13.8. The van der Waals surface area contributed by atoms with E-state index in [4.69, 9.17) is 4.74 Å². The maximum Gasteiger partial charge on any atom is 0.160 e. The second-order valence-electron chi connectivity index (χ2n) is 4.13. The standard InChI is InChI=1S/C14H21FO2/c15-11-7-3-1-2-4-8-12-17-14-10-6-5-9-13(14)16/h5-6,9-10,16H,1-4,7-8,11-12H2. The normalized spacial score (nSPS) is 10.4. The Kier molecular flexibility index (Phi) is 7.19. The fourth-order valence-corrected chi connectivity index (χ4v) is 1.67. The summed E-state index contributed by atoms with van der Waals surface area (Å²) in [6, 6.07) is 6.99. The summed E-state index contributed by atoms with van der Waals surface area (Å²) >= 11 is 0. The molecule has 2 nitrogen and oxygen atoms in total. The summed E-state index contributed by atoms with van der Waals surface area (Å²) in [6.07, 6.45) is 5.97. The quantitative estimate of drug-likeness (QED) is 0.659. The fraction of sp³-hybridized carbons (Fsp3) is 0.571. The van der Waals surface area contributed by atoms with Gasteiger partial charge in [0.2, 0.25) is 0 Å². The summed E-state index contributed by atoms with van der Waals surface area (Å²) < 4.78 is 17.3. The van der Waals surface area contributed by atoms with Gasteiger partial charge in [0.05, 0.1) is 13.3 Å². The number of para-hydroxylation sites is 2. The Hall–Kier alpha value is -1.25. The van der Waals surface area contributed by atoms with E-state index in [-0.39, 0.29) is 12.4 Å². The molecule has 17 heavy (non-hydrogen) atoms. The number of phenols is 1. The van der Waals surface area contributed by atoms with Crippen LogP contribution < -0.4 is 4.74 Å². The van der Waals surface area contributed by atoms with Crippen LogP contribution in [0.5, 0.6) is 11.5 Å². The monoisotopic (exact) mass is 240 g/mol. The van der Waals surface area contributed by atoms with Crippen LogP contribution in [0.15, 0.2) is 24.3 Å². The van der Waals surface area contributed by atoms with Crippen molar-refractivity contribution in [1.82, 2.24) is 0 Å². The molecule has 96 valence electrons. The molecule has 0 spiro atoms. The van der Waals surface area contributed by atoms with Gasteiger partial charge in [-0.3, -0.25) is 4.39 Å². The molecule has 0 atom stereocenters. The van der Waals surface area contributed by atoms with Crippen LogP contribution in [0.2, 0.25) is 0 Å². The predicted molar refractivity (Wildman–Crippen MR) is 67.3 cm³/mol. The van der Waals surface area contributed by atoms with Gasteiger partial charge >= 0.3 is 0 Å². The Balaban J connectivity index is 1.99. The second-order valence-corrected chi connectivity index (χ2v) is 4.13. The van der Waals surface area contributed by atoms with Crippen LogP contribution in [0.3, 0.4) is 0 Å². The molecule has 0 aliphatic heterocycles. The van der Waals surface area contributed by atoms with Crippen molar-refractivity contribution in [2.45, 2.75) is 38.5 Å². The number of unbranched alkanes of at least 4 members (excludes halogenated alkanes) is 5. The smallest absolute Gasteiger partial charge is 0.160 e. The molecule has 0 saturated carbocycles. The Bertz CT molecular complexity index is 302. The van der Waals surface area contributed by atoms with Gasteiger partial charge in [-0.05, 0) is 25.0 Å². The number of rotatable bonds is 9. The Morgan fingerprint density at radius 1 is 0.941 bits per heavy atom. The molecule has 1 aromatic rings. The first-order valence-electron chi connectivity index (χ1n) is 6.31. The molecule has 1 N–H and O–H groups in total. The summed E-state index contributed by atoms with van der Waals surface area (Å²) in [5, 5.41) is 9.45. The molecule has 0 aromatic heterocycles. The third-order valence-corrected chi connectivity index (χ3v) is 2.65. The van der Waals surface area contributed by atoms with Gasteiger partial charge in [-0.25, -0.2) is 0 Å². The van der Waals surface area contributed by atoms with E-state index in [9.17, 15) is 9.50 Å². The minimum absolute atomic E-state index is 0.190. The van der Waals surface area contributed by atoms with Crippen molar-refractivity contribution in [3.8, 4) is 11.5 Å². The highest BCUT2D eigenvalue weighted by Crippen LogP contribution is 2.24. The number of phenolic OH excluding ortho intramolecular Hbond substituents is 1. The van der Waals surface area contributed by atoms with Crippen molar-refractivity contribution in [3.63, 3.8) is 0 Å². The lowest BCUT2D eigenvalue weighted by atomic mass is 10.1. The number of ether oxygens (including phenoxy) is 1. The molecule has 0 aliphatic rings. The second kappa shape index (κ2) is 8.85. The average molecular weight is 240 g/mol. The van der Waals surface area contributed by atoms with E-state index in [1.807, 2.05) is 6.07 Å². The zero-order valence-corrected chi connectivity index (χ0v) is 10.2. The first-order valence-corrected chi connectivity index (χ1v) is 6.31. The first-order chi connectivity index (χ1) is 8.34. The molecular formula is C14H21FO2. The molecule has 1 aromatic carbocycles. The minimum Gasteiger partial charge on any atom is -0.504 e. The van der Waals surface area contributed by atoms with E-state index in [0.717, 1.165) is 32.1 Å². The van der Waals surface area contributed by atoms with Gasteiger partial charge in [-0.2, -0.15) is 0 Å². The molecule has 0 heterocycles. The van der Waals surface area contributed by atoms with Gasteiger partial charge in [0.25, 0.3) is 0 Å². The largest absolute Gasteiger partial charge is 0.504 e. The highest BCUT2D eigenvalue weighted by Gasteiger charge is 1.99. The molecule has 0 unspecified atom stereocenters. The molecule has 3 heteroatoms. The minimum atomic E-state index is -0.198. The van der Waals surface area contributed by atoms with Crippen LogP contribution in [0.1, 0.15) is 38.5 Å². The molecule has 1 rings (SSSR count). The number of halogens is 1. The highest BCUT2D eigenvalue weighted by atomic mass is 19.1. The maximum atomic E-state index is 11.8. The predicted octanol–water partition coefficient (Wildman–Crippen LogP) is 4.08. The Morgan fingerprint density at radius 3 is 2.29 bits per heavy atom. The molecule has 0 saturated heterocycles. The van der Waals surface area contributed by atoms with Crippen LogP contribution in [0, 0.1) is 0 Å². The number of aromatic hydroxyl groups is 1. The summed E-state index contributed by atoms with van der Waals surface area (Å²) in [5.74, 6) is 0.736. The van der Waals surface area contributed by atoms with Crippen molar-refractivity contribution in [1.29, 1.82) is 0 Å². The van der Waals surface area contributed by atoms with Gasteiger partial charge < -0.3 is 9.84 Å². The molecule has 0 amide bonds. The van der Waals surface area contributed by atoms with Crippen LogP contribution >= 0.6 is 0 Å². The van der Waals surface area contributed by atoms with Gasteiger partial charge in [0.1, 0.15) is 0 Å². The maximum absolute atomic E-state index is 11.8. The van der Waals surface area contributed by atoms with Crippen molar-refractivity contribution in [2.24, 2.45) is 0 Å². The third kappa shape index (κ3) is 6.15. The Morgan fingerprint density at radius 2 is 1.59 bits per heavy atom. The third-order valence-electron chi connectivity index (χ3n) is 2.65. The summed E-state index contributed by atoms with van der Waals surface area (Å²) in [7, 11) is 0. The average Bonchev–Trinajstić information content (AvgIpc) is 2.35. The molecule has 0 bridgehead atoms. The van der Waals surface area contributed by atoms with Crippen molar-refractivity contribution >= 4 is 0 Å². The van der Waals surface area contributed by atoms with Gasteiger partial charge in [0.15, 0.2) is 11.5 Å². The summed E-state index contributed by atoms with van der Waals surface area (Å²) in [6.45, 7) is 0.428. The molecule has 0 radical (unpaired) electrons. The fourth-order valence-electron chi connectivity index (χ4n) is 1.67. The van der Waals surface area contributed by atoms with E-state index in [2.05, 4.69) is 0 Å². The van der Waals surface area contributed by atoms with E-state index >= 15 is 0 Å². The van der Waals surface area contributed by atoms with E-state index < -0.39 is 0 Å². The number of alkyl halides is 1. The van der Waals surface area contributed by atoms with Gasteiger partial charge in [-0.15, -0.1) is 0 Å². The summed E-state index contributed by atoms with van der Waals surface area (Å²) in [4.78, 5) is 0. The molecule has 0 aliphatic carbocycles. The summed E-state index contributed by atoms with van der Waals surface area (Å²) in [5.41, 5.74) is 0. The van der Waals surface area contributed by atoms with Crippen molar-refractivity contribution in [2.75, 3.05) is 13.3 Å². The number of benzene rings is 1. The molecular weight excluding hydrogens is 219 g/mol. The van der Waals surface area contributed by atoms with Crippen LogP contribution in [0.25, 0.3) is 0 Å². The Labute approximate surface area is 102 Å². The zero-order chi connectivity index (χ0) is 12.3. The molecule has 0 fully saturated rings. The highest BCUT2D eigenvalue weighted by molar-refractivity contribution is 5.37. The van der Waals surface area contributed by atoms with E-state index in [0.29, 0.717) is 18.8 Å². The van der Waals surface area contributed by atoms with Crippen molar-refractivity contribution < 1.29 is 14.2 Å². The topological polar surface area (TPSA) is 29.5 Å². The zero-order valence-electron chi connectivity index (χ0n) is 10.2. The lowest BCUT2D eigenvalue weighted by Crippen LogP contribution is -1.97. The lowest BCUT2D eigenvalue weighted by molar-refractivity contribution is 0.288. The van der Waals surface area contributed by atoms with Crippen LogP contribution in [0.4, 0.5) is 4.39 Å². The van der Waals surface area contributed by atoms with E-state index in [1.54, 1.807) is 18.2 Å². The lowest BCUT2D eigenvalue weighted by Gasteiger charge is -2.07.